The van der Waals surface area contributed by atoms with Crippen LogP contribution in [0.4, 0.5) is 17.1 Å². The van der Waals surface area contributed by atoms with Crippen LogP contribution in [0.1, 0.15) is 55.6 Å². The average Bonchev–Trinajstić information content (AvgIpc) is 3.04. The van der Waals surface area contributed by atoms with E-state index in [4.69, 9.17) is 0 Å². The maximum atomic E-state index is 2.58. The average molecular weight is 548 g/mol. The molecular formula is C41H30BN. The number of hydrogen-bond acceptors (Lipinski definition) is 1. The van der Waals surface area contributed by atoms with E-state index in [2.05, 4.69) is 140 Å². The molecule has 202 valence electrons. The Morgan fingerprint density at radius 3 is 2.19 bits per heavy atom. The monoisotopic (exact) mass is 547 g/mol. The van der Waals surface area contributed by atoms with E-state index in [9.17, 15) is 0 Å². The van der Waals surface area contributed by atoms with Gasteiger partial charge in [-0.3, -0.25) is 0 Å². The number of benzene rings is 6. The lowest BCUT2D eigenvalue weighted by molar-refractivity contribution is 0.730. The summed E-state index contributed by atoms with van der Waals surface area (Å²) in [5.74, 6) is 0. The van der Waals surface area contributed by atoms with Crippen molar-refractivity contribution in [1.29, 1.82) is 0 Å². The van der Waals surface area contributed by atoms with Crippen molar-refractivity contribution in [3.63, 3.8) is 0 Å². The van der Waals surface area contributed by atoms with Gasteiger partial charge in [0.1, 0.15) is 0 Å². The Kier molecular flexibility index (Phi) is 4.51. The molecule has 6 aromatic carbocycles. The lowest BCUT2D eigenvalue weighted by atomic mass is 9.28. The molecule has 0 N–H and O–H groups in total. The Balaban J connectivity index is 1.38. The lowest BCUT2D eigenvalue weighted by Gasteiger charge is -2.53. The number of rotatable bonds is 0. The van der Waals surface area contributed by atoms with E-state index in [0.717, 1.165) is 12.8 Å². The third kappa shape index (κ3) is 2.80. The van der Waals surface area contributed by atoms with Gasteiger partial charge in [0.05, 0.1) is 16.8 Å². The normalized spacial score (nSPS) is 17.8. The Hall–Kier alpha value is -4.82. The molecule has 0 aromatic heterocycles. The van der Waals surface area contributed by atoms with Crippen LogP contribution in [0, 0.1) is 13.8 Å². The predicted octanol–water partition coefficient (Wildman–Crippen LogP) is 7.11. The van der Waals surface area contributed by atoms with Crippen molar-refractivity contribution in [2.45, 2.75) is 32.1 Å². The van der Waals surface area contributed by atoms with Crippen LogP contribution in [0.5, 0.6) is 0 Å². The van der Waals surface area contributed by atoms with Crippen LogP contribution in [0.25, 0.3) is 0 Å². The van der Waals surface area contributed by atoms with Gasteiger partial charge in [0.25, 0.3) is 0 Å². The van der Waals surface area contributed by atoms with E-state index in [0.29, 0.717) is 0 Å². The van der Waals surface area contributed by atoms with E-state index < -0.39 is 5.41 Å². The number of hydrogen-bond donors (Lipinski definition) is 0. The van der Waals surface area contributed by atoms with Gasteiger partial charge in [-0.1, -0.05) is 131 Å². The molecule has 0 fully saturated rings. The van der Waals surface area contributed by atoms with Crippen LogP contribution in [0.3, 0.4) is 0 Å². The first-order valence-electron chi connectivity index (χ1n) is 15.6. The minimum atomic E-state index is -0.402. The van der Waals surface area contributed by atoms with Crippen LogP contribution >= 0.6 is 0 Å². The van der Waals surface area contributed by atoms with Gasteiger partial charge >= 0.3 is 0 Å². The van der Waals surface area contributed by atoms with Crippen LogP contribution in [0.15, 0.2) is 121 Å². The minimum absolute atomic E-state index is 0.241. The highest BCUT2D eigenvalue weighted by Crippen LogP contribution is 2.60. The molecule has 10 rings (SSSR count). The van der Waals surface area contributed by atoms with Crippen LogP contribution in [0.2, 0.25) is 0 Å². The van der Waals surface area contributed by atoms with Crippen molar-refractivity contribution in [3.8, 4) is 0 Å². The smallest absolute Gasteiger partial charge is 0.242 e. The summed E-state index contributed by atoms with van der Waals surface area (Å²) in [6, 6.07) is 46.8. The highest BCUT2D eigenvalue weighted by Gasteiger charge is 2.54. The molecular weight excluding hydrogens is 517 g/mol. The second kappa shape index (κ2) is 8.17. The second-order valence-corrected chi connectivity index (χ2v) is 12.9. The summed E-state index contributed by atoms with van der Waals surface area (Å²) in [4.78, 5) is 2.58. The second-order valence-electron chi connectivity index (χ2n) is 12.9. The van der Waals surface area contributed by atoms with E-state index in [1.54, 1.807) is 0 Å². The molecule has 1 nitrogen and oxygen atoms in total. The standard InChI is InChI=1S/C41H30BN/c1-25-20-21-35-29(22-25)23-27-11-8-15-33-39(27)42(35)36-17-5-3-13-31(36)41(33)32-14-4-6-18-38(32)43-37-19-7-10-26(2)30(37)24-28-12-9-16-34(41)40(28)43/h3-22H,23-24H2,1-2H3. The summed E-state index contributed by atoms with van der Waals surface area (Å²) >= 11 is 0. The third-order valence-corrected chi connectivity index (χ3v) is 10.8. The number of aryl methyl sites for hydroxylation is 2. The molecule has 0 radical (unpaired) electrons. The molecule has 0 saturated carbocycles. The summed E-state index contributed by atoms with van der Waals surface area (Å²) in [5, 5.41) is 0. The SMILES string of the molecule is Cc1ccc2c(c1)Cc1cccc3c1B2c1ccccc1C31c2ccccc2N2c3cccc(C)c3Cc3cccc1c32. The fraction of sp³-hybridized carbons (Fsp3) is 0.122. The van der Waals surface area contributed by atoms with Gasteiger partial charge in [0.2, 0.25) is 6.71 Å². The van der Waals surface area contributed by atoms with Crippen LogP contribution in [-0.4, -0.2) is 6.71 Å². The molecule has 0 aliphatic carbocycles. The minimum Gasteiger partial charge on any atom is -0.309 e. The molecule has 2 heteroatoms. The van der Waals surface area contributed by atoms with Gasteiger partial charge < -0.3 is 4.90 Å². The quantitative estimate of drug-likeness (QED) is 0.183. The molecule has 0 amide bonds. The van der Waals surface area contributed by atoms with Crippen LogP contribution in [-0.2, 0) is 18.3 Å². The number of para-hydroxylation sites is 2. The van der Waals surface area contributed by atoms with Crippen molar-refractivity contribution in [2.24, 2.45) is 0 Å². The number of nitrogens with zero attached hydrogens (tertiary/aromatic N) is 1. The largest absolute Gasteiger partial charge is 0.309 e. The van der Waals surface area contributed by atoms with Gasteiger partial charge in [-0.2, -0.15) is 0 Å². The van der Waals surface area contributed by atoms with Crippen LogP contribution < -0.4 is 21.3 Å². The van der Waals surface area contributed by atoms with Crippen molar-refractivity contribution in [1.82, 2.24) is 0 Å². The highest BCUT2D eigenvalue weighted by molar-refractivity contribution is 6.97. The highest BCUT2D eigenvalue weighted by atomic mass is 15.2. The Labute approximate surface area is 253 Å². The first-order valence-corrected chi connectivity index (χ1v) is 15.6. The summed E-state index contributed by atoms with van der Waals surface area (Å²) < 4.78 is 0. The van der Waals surface area contributed by atoms with Crippen molar-refractivity contribution in [3.05, 3.63) is 177 Å². The van der Waals surface area contributed by atoms with E-state index in [-0.39, 0.29) is 6.71 Å². The molecule has 4 aliphatic rings. The van der Waals surface area contributed by atoms with Crippen molar-refractivity contribution >= 4 is 40.2 Å². The molecule has 4 heterocycles. The number of anilines is 3. The zero-order valence-corrected chi connectivity index (χ0v) is 24.5. The Bertz CT molecular complexity index is 2190. The van der Waals surface area contributed by atoms with Crippen molar-refractivity contribution in [2.75, 3.05) is 4.90 Å². The summed E-state index contributed by atoms with van der Waals surface area (Å²) in [6.45, 7) is 4.72. The molecule has 1 spiro atoms. The van der Waals surface area contributed by atoms with E-state index in [1.807, 2.05) is 0 Å². The lowest BCUT2D eigenvalue weighted by Crippen LogP contribution is -2.65. The first kappa shape index (κ1) is 23.7. The Morgan fingerprint density at radius 2 is 1.28 bits per heavy atom. The summed E-state index contributed by atoms with van der Waals surface area (Å²) in [6.07, 6.45) is 1.95. The van der Waals surface area contributed by atoms with Gasteiger partial charge in [0, 0.05) is 12.1 Å². The summed E-state index contributed by atoms with van der Waals surface area (Å²) in [7, 11) is 0. The number of fused-ring (bicyclic) bond motifs is 12. The van der Waals surface area contributed by atoms with Gasteiger partial charge in [-0.15, -0.1) is 0 Å². The maximum absolute atomic E-state index is 2.58. The Morgan fingerprint density at radius 1 is 0.558 bits per heavy atom. The topological polar surface area (TPSA) is 3.24 Å². The molecule has 0 saturated heterocycles. The molecule has 1 atom stereocenters. The third-order valence-electron chi connectivity index (χ3n) is 10.8. The fourth-order valence-corrected chi connectivity index (χ4v) is 9.22. The molecule has 43 heavy (non-hydrogen) atoms. The van der Waals surface area contributed by atoms with Gasteiger partial charge in [0.15, 0.2) is 0 Å². The van der Waals surface area contributed by atoms with Gasteiger partial charge in [-0.25, -0.2) is 0 Å². The molecule has 4 aliphatic heterocycles. The maximum Gasteiger partial charge on any atom is 0.242 e. The zero-order chi connectivity index (χ0) is 28.4. The predicted molar refractivity (Wildman–Crippen MR) is 179 cm³/mol. The molecule has 6 aromatic rings. The zero-order valence-electron chi connectivity index (χ0n) is 24.5. The van der Waals surface area contributed by atoms with E-state index >= 15 is 0 Å². The molecule has 0 bridgehead atoms. The first-order chi connectivity index (χ1) is 21.2. The summed E-state index contributed by atoms with van der Waals surface area (Å²) in [5.41, 5.74) is 22.2. The van der Waals surface area contributed by atoms with E-state index in [1.165, 1.54) is 89.1 Å². The van der Waals surface area contributed by atoms with Gasteiger partial charge in [-0.05, 0) is 82.5 Å². The van der Waals surface area contributed by atoms with Crippen molar-refractivity contribution < 1.29 is 0 Å². The molecule has 1 unspecified atom stereocenters. The fourth-order valence-electron chi connectivity index (χ4n) is 9.22.